The summed E-state index contributed by atoms with van der Waals surface area (Å²) in [6.45, 7) is 0.725. The minimum atomic E-state index is 0.725. The summed E-state index contributed by atoms with van der Waals surface area (Å²) < 4.78 is 0.763. The van der Waals surface area contributed by atoms with E-state index < -0.39 is 0 Å². The maximum atomic E-state index is 10.6. The van der Waals surface area contributed by atoms with Crippen molar-refractivity contribution in [3.05, 3.63) is 42.3 Å². The third-order valence-corrected chi connectivity index (χ3v) is 1.43. The molecule has 0 aromatic carbocycles. The molecule has 1 rings (SSSR count). The molecule has 0 unspecified atom stereocenters. The Labute approximate surface area is 66.3 Å². The third kappa shape index (κ3) is 2.55. The maximum absolute atomic E-state index is 10.6. The van der Waals surface area contributed by atoms with Crippen molar-refractivity contribution >= 4 is 0 Å². The molecule has 2 radical (unpaired) electrons. The van der Waals surface area contributed by atoms with Gasteiger partial charge in [0, 0.05) is 19.2 Å². The maximum Gasteiger partial charge on any atom is 0.180 e. The first-order chi connectivity index (χ1) is 5.33. The highest BCUT2D eigenvalue weighted by molar-refractivity contribution is 5.07. The summed E-state index contributed by atoms with van der Waals surface area (Å²) >= 11 is 0. The van der Waals surface area contributed by atoms with Gasteiger partial charge in [-0.3, -0.25) is 0 Å². The van der Waals surface area contributed by atoms with Crippen molar-refractivity contribution in [1.29, 1.82) is 0 Å². The highest BCUT2D eigenvalue weighted by atomic mass is 16.5. The zero-order valence-corrected chi connectivity index (χ0v) is 6.16. The molecule has 3 heteroatoms. The molecule has 11 heavy (non-hydrogen) atoms. The minimum Gasteiger partial charge on any atom is -0.619 e. The van der Waals surface area contributed by atoms with Gasteiger partial charge in [-0.1, -0.05) is 0 Å². The molecule has 1 heterocycles. The van der Waals surface area contributed by atoms with Crippen LogP contribution in [0.2, 0.25) is 0 Å². The Morgan fingerprint density at radius 1 is 1.45 bits per heavy atom. The lowest BCUT2D eigenvalue weighted by Gasteiger charge is -1.99. The monoisotopic (exact) mass is 150 g/mol. The number of hydrogen-bond donors (Lipinski definition) is 1. The minimum absolute atomic E-state index is 0.725. The van der Waals surface area contributed by atoms with E-state index in [4.69, 9.17) is 7.05 Å². The molecular formula is C8H10N2O. The molecule has 0 saturated heterocycles. The number of pyridine rings is 1. The Hall–Kier alpha value is -1.09. The van der Waals surface area contributed by atoms with E-state index in [1.807, 2.05) is 0 Å². The van der Waals surface area contributed by atoms with Crippen molar-refractivity contribution in [2.45, 2.75) is 6.42 Å². The molecule has 1 aromatic heterocycles. The van der Waals surface area contributed by atoms with Crippen LogP contribution < -0.4 is 10.0 Å². The molecule has 1 aromatic rings. The van der Waals surface area contributed by atoms with Crippen molar-refractivity contribution in [3.8, 4) is 0 Å². The van der Waals surface area contributed by atoms with Gasteiger partial charge in [0.1, 0.15) is 0 Å². The standard InChI is InChI=1S/C8H10N2O/c1-9-5-2-8-3-6-10(11)7-4-8/h1,3-4,6-7,9H,2,5H2. The van der Waals surface area contributed by atoms with E-state index in [0.29, 0.717) is 0 Å². The molecular weight excluding hydrogens is 140 g/mol. The first kappa shape index (κ1) is 8.01. The largest absolute Gasteiger partial charge is 0.619 e. The molecule has 0 aliphatic carbocycles. The van der Waals surface area contributed by atoms with Gasteiger partial charge in [-0.15, -0.1) is 0 Å². The van der Waals surface area contributed by atoms with Crippen LogP contribution in [-0.4, -0.2) is 6.54 Å². The average Bonchev–Trinajstić information content (AvgIpc) is 2.04. The van der Waals surface area contributed by atoms with Crippen LogP contribution >= 0.6 is 0 Å². The van der Waals surface area contributed by atoms with Crippen LogP contribution in [0.5, 0.6) is 0 Å². The number of nitrogens with zero attached hydrogens (tertiary/aromatic N) is 1. The summed E-state index contributed by atoms with van der Waals surface area (Å²) in [5.74, 6) is 0. The van der Waals surface area contributed by atoms with Gasteiger partial charge in [-0.05, 0) is 18.5 Å². The van der Waals surface area contributed by atoms with E-state index in [0.717, 1.165) is 23.3 Å². The van der Waals surface area contributed by atoms with Crippen LogP contribution in [0.4, 0.5) is 0 Å². The van der Waals surface area contributed by atoms with Crippen LogP contribution in [0.25, 0.3) is 0 Å². The number of hydrogen-bond acceptors (Lipinski definition) is 2. The summed E-state index contributed by atoms with van der Waals surface area (Å²) in [4.78, 5) is 0. The third-order valence-electron chi connectivity index (χ3n) is 1.43. The second kappa shape index (κ2) is 3.93. The fourth-order valence-electron chi connectivity index (χ4n) is 0.827. The number of rotatable bonds is 3. The lowest BCUT2D eigenvalue weighted by Crippen LogP contribution is -2.24. The highest BCUT2D eigenvalue weighted by Gasteiger charge is 1.92. The lowest BCUT2D eigenvalue weighted by atomic mass is 10.2. The SMILES string of the molecule is [CH]NCCc1cc[n+]([O-])cc1. The summed E-state index contributed by atoms with van der Waals surface area (Å²) in [5, 5.41) is 13.1. The second-order valence-electron chi connectivity index (χ2n) is 2.27. The predicted molar refractivity (Wildman–Crippen MR) is 41.4 cm³/mol. The fourth-order valence-corrected chi connectivity index (χ4v) is 0.827. The van der Waals surface area contributed by atoms with Crippen molar-refractivity contribution in [1.82, 2.24) is 5.32 Å². The quantitative estimate of drug-likeness (QED) is 0.377. The van der Waals surface area contributed by atoms with Gasteiger partial charge in [0.25, 0.3) is 0 Å². The molecule has 0 aliphatic heterocycles. The van der Waals surface area contributed by atoms with Gasteiger partial charge in [-0.2, -0.15) is 4.73 Å². The van der Waals surface area contributed by atoms with Crippen molar-refractivity contribution in [3.63, 3.8) is 0 Å². The number of nitrogens with one attached hydrogen (secondary N) is 1. The molecule has 3 nitrogen and oxygen atoms in total. The molecule has 0 aliphatic rings. The van der Waals surface area contributed by atoms with E-state index in [1.165, 1.54) is 12.4 Å². The van der Waals surface area contributed by atoms with Gasteiger partial charge in [0.2, 0.25) is 0 Å². The van der Waals surface area contributed by atoms with Crippen molar-refractivity contribution < 1.29 is 4.73 Å². The van der Waals surface area contributed by atoms with Crippen LogP contribution in [0, 0.1) is 12.3 Å². The van der Waals surface area contributed by atoms with Crippen molar-refractivity contribution in [2.24, 2.45) is 0 Å². The Morgan fingerprint density at radius 3 is 2.64 bits per heavy atom. The zero-order chi connectivity index (χ0) is 8.10. The summed E-state index contributed by atoms with van der Waals surface area (Å²) in [6, 6.07) is 3.56. The second-order valence-corrected chi connectivity index (χ2v) is 2.27. The first-order valence-corrected chi connectivity index (χ1v) is 3.44. The van der Waals surface area contributed by atoms with Crippen LogP contribution in [0.3, 0.4) is 0 Å². The van der Waals surface area contributed by atoms with E-state index in [-0.39, 0.29) is 0 Å². The van der Waals surface area contributed by atoms with E-state index >= 15 is 0 Å². The van der Waals surface area contributed by atoms with Gasteiger partial charge in [0.05, 0.1) is 0 Å². The lowest BCUT2D eigenvalue weighted by molar-refractivity contribution is -0.605. The Balaban J connectivity index is 2.52. The summed E-state index contributed by atoms with van der Waals surface area (Å²) in [5.41, 5.74) is 1.11. The molecule has 0 spiro atoms. The molecule has 0 atom stereocenters. The molecule has 1 N–H and O–H groups in total. The highest BCUT2D eigenvalue weighted by Crippen LogP contribution is 1.94. The van der Waals surface area contributed by atoms with Crippen LogP contribution in [-0.2, 0) is 6.42 Å². The summed E-state index contributed by atoms with van der Waals surface area (Å²) in [6.07, 6.45) is 3.80. The normalized spacial score (nSPS) is 9.91. The van der Waals surface area contributed by atoms with Crippen molar-refractivity contribution in [2.75, 3.05) is 6.54 Å². The summed E-state index contributed by atoms with van der Waals surface area (Å²) in [7, 11) is 5.09. The average molecular weight is 150 g/mol. The van der Waals surface area contributed by atoms with E-state index in [9.17, 15) is 5.21 Å². The smallest absolute Gasteiger partial charge is 0.180 e. The van der Waals surface area contributed by atoms with Crippen LogP contribution in [0.1, 0.15) is 5.56 Å². The van der Waals surface area contributed by atoms with Gasteiger partial charge in [-0.25, -0.2) is 0 Å². The Morgan fingerprint density at radius 2 is 2.09 bits per heavy atom. The number of aromatic nitrogens is 1. The predicted octanol–water partition coefficient (Wildman–Crippen LogP) is 0.121. The fraction of sp³-hybridized carbons (Fsp3) is 0.250. The first-order valence-electron chi connectivity index (χ1n) is 3.44. The van der Waals surface area contributed by atoms with Gasteiger partial charge in [0.15, 0.2) is 12.4 Å². The van der Waals surface area contributed by atoms with Gasteiger partial charge < -0.3 is 10.5 Å². The molecule has 0 bridgehead atoms. The van der Waals surface area contributed by atoms with Gasteiger partial charge >= 0.3 is 0 Å². The topological polar surface area (TPSA) is 39.0 Å². The molecule has 0 saturated carbocycles. The van der Waals surface area contributed by atoms with E-state index in [2.05, 4.69) is 5.32 Å². The molecule has 0 amide bonds. The Bertz CT molecular complexity index is 208. The van der Waals surface area contributed by atoms with E-state index in [1.54, 1.807) is 12.1 Å². The van der Waals surface area contributed by atoms with Crippen LogP contribution in [0.15, 0.2) is 24.5 Å². The Kier molecular flexibility index (Phi) is 2.86. The molecule has 0 fully saturated rings. The molecule has 58 valence electrons. The zero-order valence-electron chi connectivity index (χ0n) is 6.16.